The quantitative estimate of drug-likeness (QED) is 0.347. The monoisotopic (exact) mass is 623 g/mol. The lowest BCUT2D eigenvalue weighted by Gasteiger charge is -2.37. The number of hydrogen-bond acceptors (Lipinski definition) is 8. The SMILES string of the molecule is C[C@@H]1NC(=O)[C@H](CO[Si](C)(C)C(C)(C)C)NC(=O)CC=Cc2cc3cc(ccc3cn2)[C@@H](C)OC(=O)[C@@H]2CCCN(N2)C1=O. The number of aromatic nitrogens is 1. The van der Waals surface area contributed by atoms with Crippen LogP contribution in [0.2, 0.25) is 18.1 Å². The van der Waals surface area contributed by atoms with Crippen LogP contribution in [0, 0.1) is 0 Å². The Bertz CT molecular complexity index is 1440. The van der Waals surface area contributed by atoms with E-state index in [1.165, 1.54) is 5.01 Å². The molecular weight excluding hydrogens is 578 g/mol. The molecule has 1 aromatic heterocycles. The minimum absolute atomic E-state index is 0.0180. The predicted octanol–water partition coefficient (Wildman–Crippen LogP) is 3.76. The standard InChI is InChI=1S/C32H45N5O6Si/c1-20-30(40)37-15-9-11-26(36-37)31(41)43-21(2)22-13-14-23-18-33-25(17-24(23)16-22)10-8-12-28(38)35-27(29(39)34-20)19-42-44(6,7)32(3,4)5/h8,10,13-14,16-18,20-21,26-27,36H,9,11-12,15,19H2,1-7H3,(H,34,39)(H,35,38)/t20-,21+,26-,27-/m0/s1. The minimum Gasteiger partial charge on any atom is -0.457 e. The third kappa shape index (κ3) is 8.10. The number of nitrogens with zero attached hydrogens (tertiary/aromatic N) is 2. The Morgan fingerprint density at radius 3 is 2.55 bits per heavy atom. The topological polar surface area (TPSA) is 139 Å². The first kappa shape index (κ1) is 33.3. The molecule has 4 atom stereocenters. The summed E-state index contributed by atoms with van der Waals surface area (Å²) >= 11 is 0. The maximum absolute atomic E-state index is 13.4. The molecule has 1 saturated heterocycles. The van der Waals surface area contributed by atoms with E-state index in [1.807, 2.05) is 31.2 Å². The van der Waals surface area contributed by atoms with Crippen LogP contribution in [0.3, 0.4) is 0 Å². The van der Waals surface area contributed by atoms with E-state index in [0.717, 1.165) is 16.3 Å². The minimum atomic E-state index is -2.25. The maximum Gasteiger partial charge on any atom is 0.325 e. The van der Waals surface area contributed by atoms with Crippen molar-refractivity contribution in [2.75, 3.05) is 13.2 Å². The molecule has 2 aliphatic rings. The van der Waals surface area contributed by atoms with Gasteiger partial charge in [-0.2, -0.15) is 0 Å². The van der Waals surface area contributed by atoms with Crippen molar-refractivity contribution >= 4 is 48.9 Å². The number of nitrogens with one attached hydrogen (secondary N) is 3. The number of pyridine rings is 1. The molecule has 11 nitrogen and oxygen atoms in total. The summed E-state index contributed by atoms with van der Waals surface area (Å²) in [6.45, 7) is 14.2. The molecule has 2 aromatic rings. The van der Waals surface area contributed by atoms with Crippen LogP contribution in [0.5, 0.6) is 0 Å². The molecule has 0 aliphatic carbocycles. The van der Waals surface area contributed by atoms with Gasteiger partial charge in [0, 0.05) is 24.5 Å². The van der Waals surface area contributed by atoms with Gasteiger partial charge < -0.3 is 19.8 Å². The Labute approximate surface area is 260 Å². The van der Waals surface area contributed by atoms with E-state index >= 15 is 0 Å². The lowest BCUT2D eigenvalue weighted by atomic mass is 10.0. The molecule has 4 rings (SSSR count). The second kappa shape index (κ2) is 13.6. The molecule has 2 aliphatic heterocycles. The fourth-order valence-electron chi connectivity index (χ4n) is 4.80. The van der Waals surface area contributed by atoms with Gasteiger partial charge in [0.25, 0.3) is 5.91 Å². The highest BCUT2D eigenvalue weighted by Crippen LogP contribution is 2.36. The number of carbonyl (C=O) groups is 4. The Hall–Kier alpha value is -3.61. The number of hydrazine groups is 1. The number of benzene rings is 1. The summed E-state index contributed by atoms with van der Waals surface area (Å²) in [5.74, 6) is -1.74. The summed E-state index contributed by atoms with van der Waals surface area (Å²) in [5, 5.41) is 8.64. The van der Waals surface area contributed by atoms with Crippen LogP contribution < -0.4 is 16.1 Å². The first-order valence-electron chi connectivity index (χ1n) is 15.2. The normalized spacial score (nSPS) is 24.6. The summed E-state index contributed by atoms with van der Waals surface area (Å²) in [6, 6.07) is 5.04. The van der Waals surface area contributed by atoms with E-state index in [2.05, 4.69) is 54.9 Å². The number of ether oxygens (including phenoxy) is 1. The zero-order chi connectivity index (χ0) is 32.2. The number of amides is 3. The number of fused-ring (bicyclic) bond motifs is 4. The molecule has 0 unspecified atom stereocenters. The van der Waals surface area contributed by atoms with Crippen molar-refractivity contribution in [1.82, 2.24) is 26.1 Å². The number of cyclic esters (lactones) is 1. The van der Waals surface area contributed by atoms with Crippen molar-refractivity contribution in [1.29, 1.82) is 0 Å². The van der Waals surface area contributed by atoms with Gasteiger partial charge in [-0.05, 0) is 74.0 Å². The van der Waals surface area contributed by atoms with Gasteiger partial charge in [0.15, 0.2) is 8.32 Å². The van der Waals surface area contributed by atoms with Crippen LogP contribution in [-0.4, -0.2) is 73.3 Å². The summed E-state index contributed by atoms with van der Waals surface area (Å²) in [6.07, 6.45) is 5.79. The molecule has 0 saturated carbocycles. The molecule has 3 heterocycles. The van der Waals surface area contributed by atoms with Crippen molar-refractivity contribution in [2.45, 2.75) is 96.2 Å². The molecule has 12 heteroatoms. The predicted molar refractivity (Wildman–Crippen MR) is 170 cm³/mol. The van der Waals surface area contributed by atoms with Gasteiger partial charge in [0.05, 0.1) is 12.3 Å². The van der Waals surface area contributed by atoms with Gasteiger partial charge in [0.2, 0.25) is 11.8 Å². The largest absolute Gasteiger partial charge is 0.457 e. The van der Waals surface area contributed by atoms with E-state index in [0.29, 0.717) is 25.1 Å². The lowest BCUT2D eigenvalue weighted by Crippen LogP contribution is -2.61. The average Bonchev–Trinajstić information content (AvgIpc) is 2.97. The molecule has 44 heavy (non-hydrogen) atoms. The van der Waals surface area contributed by atoms with Crippen LogP contribution in [0.25, 0.3) is 16.8 Å². The van der Waals surface area contributed by atoms with E-state index < -0.39 is 50.3 Å². The van der Waals surface area contributed by atoms with Crippen LogP contribution >= 0.6 is 0 Å². The molecule has 3 amide bonds. The van der Waals surface area contributed by atoms with Gasteiger partial charge in [-0.3, -0.25) is 29.2 Å². The van der Waals surface area contributed by atoms with Gasteiger partial charge in [-0.15, -0.1) is 0 Å². The van der Waals surface area contributed by atoms with Crippen molar-refractivity contribution in [3.05, 3.63) is 47.8 Å². The van der Waals surface area contributed by atoms with Gasteiger partial charge in [-0.25, -0.2) is 5.43 Å². The maximum atomic E-state index is 13.4. The first-order valence-corrected chi connectivity index (χ1v) is 18.1. The molecule has 1 aromatic carbocycles. The van der Waals surface area contributed by atoms with Crippen LogP contribution in [0.15, 0.2) is 36.5 Å². The van der Waals surface area contributed by atoms with Crippen molar-refractivity contribution in [3.63, 3.8) is 0 Å². The van der Waals surface area contributed by atoms with Gasteiger partial charge in [0.1, 0.15) is 24.2 Å². The number of carbonyl (C=O) groups excluding carboxylic acids is 4. The molecule has 5 bridgehead atoms. The Balaban J connectivity index is 1.63. The number of rotatable bonds is 3. The van der Waals surface area contributed by atoms with E-state index in [9.17, 15) is 19.2 Å². The van der Waals surface area contributed by atoms with Crippen LogP contribution in [-0.2, 0) is 28.3 Å². The smallest absolute Gasteiger partial charge is 0.325 e. The summed E-state index contributed by atoms with van der Waals surface area (Å²) in [7, 11) is -2.25. The molecule has 1 fully saturated rings. The average molecular weight is 624 g/mol. The van der Waals surface area contributed by atoms with Crippen molar-refractivity contribution in [3.8, 4) is 0 Å². The molecular formula is C32H45N5O6Si. The lowest BCUT2D eigenvalue weighted by molar-refractivity contribution is -0.157. The Kier molecular flexibility index (Phi) is 10.3. The van der Waals surface area contributed by atoms with E-state index in [1.54, 1.807) is 25.3 Å². The van der Waals surface area contributed by atoms with E-state index in [-0.39, 0.29) is 24.0 Å². The van der Waals surface area contributed by atoms with E-state index in [4.69, 9.17) is 9.16 Å². The highest BCUT2D eigenvalue weighted by molar-refractivity contribution is 6.74. The summed E-state index contributed by atoms with van der Waals surface area (Å²) < 4.78 is 12.1. The van der Waals surface area contributed by atoms with Crippen LogP contribution in [0.4, 0.5) is 0 Å². The highest BCUT2D eigenvalue weighted by Gasteiger charge is 2.39. The number of hydrogen-bond donors (Lipinski definition) is 3. The summed E-state index contributed by atoms with van der Waals surface area (Å²) in [4.78, 5) is 57.4. The molecule has 0 radical (unpaired) electrons. The first-order chi connectivity index (χ1) is 20.6. The second-order valence-corrected chi connectivity index (χ2v) is 17.9. The molecule has 238 valence electrons. The highest BCUT2D eigenvalue weighted by atomic mass is 28.4. The van der Waals surface area contributed by atoms with Gasteiger partial charge in [-0.1, -0.05) is 39.0 Å². The zero-order valence-corrected chi connectivity index (χ0v) is 27.7. The Morgan fingerprint density at radius 1 is 1.07 bits per heavy atom. The number of esters is 1. The summed E-state index contributed by atoms with van der Waals surface area (Å²) in [5.41, 5.74) is 4.48. The van der Waals surface area contributed by atoms with Crippen molar-refractivity contribution in [2.24, 2.45) is 0 Å². The zero-order valence-electron chi connectivity index (χ0n) is 26.7. The fourth-order valence-corrected chi connectivity index (χ4v) is 5.82. The van der Waals surface area contributed by atoms with Crippen LogP contribution in [0.1, 0.15) is 71.2 Å². The molecule has 0 spiro atoms. The Morgan fingerprint density at radius 2 is 1.82 bits per heavy atom. The van der Waals surface area contributed by atoms with Crippen molar-refractivity contribution < 1.29 is 28.3 Å². The fraction of sp³-hybridized carbons (Fsp3) is 0.531. The third-order valence-corrected chi connectivity index (χ3v) is 13.2. The second-order valence-electron chi connectivity index (χ2n) is 13.1. The van der Waals surface area contributed by atoms with Gasteiger partial charge >= 0.3 is 5.97 Å². The third-order valence-electron chi connectivity index (χ3n) is 8.66. The molecule has 3 N–H and O–H groups in total.